The van der Waals surface area contributed by atoms with Gasteiger partial charge in [0.05, 0.1) is 0 Å². The van der Waals surface area contributed by atoms with Gasteiger partial charge in [0.2, 0.25) is 0 Å². The van der Waals surface area contributed by atoms with Crippen molar-refractivity contribution < 1.29 is 27.3 Å². The molecule has 1 unspecified atom stereocenters. The van der Waals surface area contributed by atoms with Crippen molar-refractivity contribution in [1.29, 1.82) is 5.26 Å². The number of aromatic nitrogens is 2. The number of nitrogens with zero attached hydrogens (tertiary/aromatic N) is 3. The summed E-state index contributed by atoms with van der Waals surface area (Å²) in [6.07, 6.45) is 0. The van der Waals surface area contributed by atoms with E-state index < -0.39 is 31.4 Å². The zero-order valence-corrected chi connectivity index (χ0v) is 11.0. The Morgan fingerprint density at radius 3 is 2.71 bits per heavy atom. The molecule has 1 heterocycles. The molecule has 1 aromatic carbocycles. The van der Waals surface area contributed by atoms with Gasteiger partial charge in [-0.25, -0.2) is 23.3 Å². The summed E-state index contributed by atoms with van der Waals surface area (Å²) in [4.78, 5) is 8.56. The summed E-state index contributed by atoms with van der Waals surface area (Å²) in [5, 5.41) is 12.4. The van der Waals surface area contributed by atoms with Gasteiger partial charge in [-0.05, 0) is 12.1 Å². The van der Waals surface area contributed by atoms with E-state index in [4.69, 9.17) is 10.2 Å². The maximum Gasteiger partial charge on any atom is 0.337 e. The van der Waals surface area contributed by atoms with E-state index in [0.29, 0.717) is 10.7 Å². The van der Waals surface area contributed by atoms with E-state index in [2.05, 4.69) is 9.72 Å². The first-order chi connectivity index (χ1) is 9.93. The summed E-state index contributed by atoms with van der Waals surface area (Å²) in [6.45, 7) is 0. The molecule has 0 saturated heterocycles. The Labute approximate surface area is 116 Å². The van der Waals surface area contributed by atoms with Crippen molar-refractivity contribution >= 4 is 14.1 Å². The van der Waals surface area contributed by atoms with Crippen LogP contribution in [0.15, 0.2) is 18.2 Å². The van der Waals surface area contributed by atoms with Crippen molar-refractivity contribution in [2.24, 2.45) is 0 Å². The average Bonchev–Trinajstić information content (AvgIpc) is 2.86. The predicted molar refractivity (Wildman–Crippen MR) is 64.1 cm³/mol. The van der Waals surface area contributed by atoms with Gasteiger partial charge in [0, 0.05) is 6.07 Å². The Morgan fingerprint density at radius 2 is 2.10 bits per heavy atom. The maximum absolute atomic E-state index is 13.7. The molecule has 0 aliphatic carbocycles. The molecule has 0 aliphatic rings. The molecule has 0 saturated carbocycles. The summed E-state index contributed by atoms with van der Waals surface area (Å²) in [5.41, 5.74) is 1.26. The Morgan fingerprint density at radius 1 is 1.38 bits per heavy atom. The highest BCUT2D eigenvalue weighted by molar-refractivity contribution is 7.32. The molecule has 0 spiro atoms. The molecule has 110 valence electrons. The number of nitrogens with one attached hydrogen (secondary N) is 1. The third-order valence-electron chi connectivity index (χ3n) is 2.31. The van der Waals surface area contributed by atoms with Crippen LogP contribution in [0, 0.1) is 28.8 Å². The predicted octanol–water partition coefficient (Wildman–Crippen LogP) is 1.89. The van der Waals surface area contributed by atoms with Crippen LogP contribution in [-0.2, 0) is 9.19 Å². The number of anilines is 1. The molecule has 0 radical (unpaired) electrons. The van der Waals surface area contributed by atoms with Gasteiger partial charge in [0.15, 0.2) is 29.0 Å². The zero-order chi connectivity index (χ0) is 15.6. The highest BCUT2D eigenvalue weighted by Crippen LogP contribution is 2.24. The number of rotatable bonds is 4. The number of hydrogen-bond acceptors (Lipinski definition) is 5. The first kappa shape index (κ1) is 15.1. The van der Waals surface area contributed by atoms with Crippen molar-refractivity contribution in [3.63, 3.8) is 0 Å². The van der Waals surface area contributed by atoms with Crippen molar-refractivity contribution in [3.8, 4) is 11.8 Å². The number of benzene rings is 1. The summed E-state index contributed by atoms with van der Waals surface area (Å²) in [7, 11) is -3.37. The van der Waals surface area contributed by atoms with Crippen LogP contribution in [0.1, 0.15) is 5.69 Å². The SMILES string of the molecule is N#Cc1cc(NO[PH](=O)O)n(-c2ccc(F)c(F)c2F)n1. The van der Waals surface area contributed by atoms with E-state index in [1.165, 1.54) is 0 Å². The summed E-state index contributed by atoms with van der Waals surface area (Å²) >= 11 is 0. The fourth-order valence-electron chi connectivity index (χ4n) is 1.47. The minimum absolute atomic E-state index is 0.206. The van der Waals surface area contributed by atoms with Gasteiger partial charge in [-0.3, -0.25) is 4.57 Å². The average molecular weight is 318 g/mol. The number of hydrogen-bond donors (Lipinski definition) is 2. The second-order valence-electron chi connectivity index (χ2n) is 3.60. The van der Waals surface area contributed by atoms with Crippen molar-refractivity contribution in [2.75, 3.05) is 5.48 Å². The fraction of sp³-hybridized carbons (Fsp3) is 0. The first-order valence-corrected chi connectivity index (χ1v) is 6.50. The van der Waals surface area contributed by atoms with Crippen molar-refractivity contribution in [2.45, 2.75) is 0 Å². The zero-order valence-electron chi connectivity index (χ0n) is 9.97. The van der Waals surface area contributed by atoms with Crippen molar-refractivity contribution in [3.05, 3.63) is 41.3 Å². The summed E-state index contributed by atoms with van der Waals surface area (Å²) < 4.78 is 55.2. The molecule has 1 atom stereocenters. The van der Waals surface area contributed by atoms with Crippen LogP contribution < -0.4 is 5.48 Å². The van der Waals surface area contributed by atoms with Gasteiger partial charge < -0.3 is 4.89 Å². The van der Waals surface area contributed by atoms with E-state index in [0.717, 1.165) is 12.1 Å². The molecule has 2 N–H and O–H groups in total. The third kappa shape index (κ3) is 3.05. The van der Waals surface area contributed by atoms with Crippen LogP contribution in [0.3, 0.4) is 0 Å². The lowest BCUT2D eigenvalue weighted by Gasteiger charge is -2.09. The highest BCUT2D eigenvalue weighted by atomic mass is 31.1. The van der Waals surface area contributed by atoms with Crippen LogP contribution in [0.2, 0.25) is 0 Å². The Bertz CT molecular complexity index is 759. The topological polar surface area (TPSA) is 100 Å². The van der Waals surface area contributed by atoms with Gasteiger partial charge in [-0.15, -0.1) is 0 Å². The second-order valence-corrected chi connectivity index (χ2v) is 4.34. The smallest absolute Gasteiger partial charge is 0.325 e. The van der Waals surface area contributed by atoms with Crippen LogP contribution in [0.5, 0.6) is 0 Å². The van der Waals surface area contributed by atoms with Gasteiger partial charge in [0.25, 0.3) is 0 Å². The van der Waals surface area contributed by atoms with E-state index in [-0.39, 0.29) is 11.5 Å². The minimum atomic E-state index is -3.37. The van der Waals surface area contributed by atoms with Gasteiger partial charge in [-0.2, -0.15) is 15.0 Å². The van der Waals surface area contributed by atoms with E-state index in [1.54, 1.807) is 6.07 Å². The molecule has 11 heteroatoms. The van der Waals surface area contributed by atoms with E-state index >= 15 is 0 Å². The quantitative estimate of drug-likeness (QED) is 0.507. The van der Waals surface area contributed by atoms with Crippen molar-refractivity contribution in [1.82, 2.24) is 9.78 Å². The Balaban J connectivity index is 2.53. The second kappa shape index (κ2) is 5.97. The Kier molecular flexibility index (Phi) is 4.28. The lowest BCUT2D eigenvalue weighted by molar-refractivity contribution is 0.336. The molecule has 0 aliphatic heterocycles. The van der Waals surface area contributed by atoms with Crippen LogP contribution >= 0.6 is 8.25 Å². The molecular weight excluding hydrogens is 312 g/mol. The molecule has 0 fully saturated rings. The first-order valence-electron chi connectivity index (χ1n) is 5.24. The van der Waals surface area contributed by atoms with Gasteiger partial charge in [-0.1, -0.05) is 0 Å². The Hall–Kier alpha value is -2.34. The maximum atomic E-state index is 13.7. The summed E-state index contributed by atoms with van der Waals surface area (Å²) in [5.74, 6) is -4.87. The van der Waals surface area contributed by atoms with Crippen LogP contribution in [-0.4, -0.2) is 14.7 Å². The fourth-order valence-corrected chi connectivity index (χ4v) is 1.66. The molecule has 0 amide bonds. The van der Waals surface area contributed by atoms with Gasteiger partial charge >= 0.3 is 8.25 Å². The summed E-state index contributed by atoms with van der Waals surface area (Å²) in [6, 6.07) is 4.25. The molecule has 1 aromatic heterocycles. The standard InChI is InChI=1S/C10H6F3N4O3P/c11-6-1-2-7(10(13)9(6)12)17-8(16-20-21(18)19)3-5(4-14)15-17/h1-3,16,21H,(H,18,19). The lowest BCUT2D eigenvalue weighted by atomic mass is 10.3. The van der Waals surface area contributed by atoms with E-state index in [1.807, 2.05) is 5.48 Å². The number of halogens is 3. The largest absolute Gasteiger partial charge is 0.337 e. The molecule has 0 bridgehead atoms. The molecule has 7 nitrogen and oxygen atoms in total. The van der Waals surface area contributed by atoms with Crippen LogP contribution in [0.25, 0.3) is 5.69 Å². The molecular formula is C10H6F3N4O3P. The minimum Gasteiger partial charge on any atom is -0.325 e. The normalized spacial score (nSPS) is 12.0. The monoisotopic (exact) mass is 318 g/mol. The van der Waals surface area contributed by atoms with Gasteiger partial charge in [0.1, 0.15) is 11.8 Å². The number of nitriles is 1. The lowest BCUT2D eigenvalue weighted by Crippen LogP contribution is -2.08. The molecule has 21 heavy (non-hydrogen) atoms. The molecule has 2 rings (SSSR count). The van der Waals surface area contributed by atoms with Crippen LogP contribution in [0.4, 0.5) is 19.0 Å². The third-order valence-corrected chi connectivity index (χ3v) is 2.59. The molecule has 2 aromatic rings. The highest BCUT2D eigenvalue weighted by Gasteiger charge is 2.19. The van der Waals surface area contributed by atoms with E-state index in [9.17, 15) is 17.7 Å².